The fourth-order valence-electron chi connectivity index (χ4n) is 4.11. The molecule has 0 aliphatic heterocycles. The molecule has 3 atom stereocenters. The second-order valence-electron chi connectivity index (χ2n) is 9.05. The van der Waals surface area contributed by atoms with E-state index in [1.54, 1.807) is 31.4 Å². The van der Waals surface area contributed by atoms with Gasteiger partial charge in [-0.25, -0.2) is 10.0 Å². The van der Waals surface area contributed by atoms with Gasteiger partial charge in [-0.1, -0.05) is 18.6 Å². The molecule has 1 fully saturated rings. The first-order valence-corrected chi connectivity index (χ1v) is 13.7. The van der Waals surface area contributed by atoms with Crippen molar-refractivity contribution in [1.29, 1.82) is 0 Å². The molecular weight excluding hydrogens is 424 g/mol. The summed E-state index contributed by atoms with van der Waals surface area (Å²) in [5.74, 6) is -0.151. The quantitative estimate of drug-likeness (QED) is 0.559. The summed E-state index contributed by atoms with van der Waals surface area (Å²) in [5, 5.41) is 15.5. The van der Waals surface area contributed by atoms with E-state index < -0.39 is 16.1 Å². The smallest absolute Gasteiger partial charge is 0.251 e. The Hall–Kier alpha value is -2.51. The summed E-state index contributed by atoms with van der Waals surface area (Å²) < 4.78 is 5.22. The van der Waals surface area contributed by atoms with Crippen molar-refractivity contribution >= 4 is 27.5 Å². The van der Waals surface area contributed by atoms with Gasteiger partial charge >= 0.3 is 0 Å². The number of hydrogen-bond acceptors (Lipinski definition) is 4. The summed E-state index contributed by atoms with van der Waals surface area (Å²) in [4.78, 5) is 27.5. The molecule has 174 valence electrons. The van der Waals surface area contributed by atoms with Crippen molar-refractivity contribution in [2.45, 2.75) is 30.2 Å². The molecule has 3 N–H and O–H groups in total. The van der Waals surface area contributed by atoms with Crippen LogP contribution in [0.25, 0.3) is 0 Å². The van der Waals surface area contributed by atoms with Crippen molar-refractivity contribution in [2.24, 2.45) is 11.8 Å². The summed E-state index contributed by atoms with van der Waals surface area (Å²) in [6.45, 7) is -0.0143. The first kappa shape index (κ1) is 24.1. The number of carbonyl (C=O) groups is 2. The average Bonchev–Trinajstić information content (AvgIpc) is 3.26. The molecule has 1 aliphatic rings. The molecule has 2 amide bonds. The lowest BCUT2D eigenvalue weighted by Crippen LogP contribution is -2.41. The number of aliphatic hydroxyl groups excluding tert-OH is 1. The first-order valence-electron chi connectivity index (χ1n) is 10.9. The molecule has 2 aromatic carbocycles. The summed E-state index contributed by atoms with van der Waals surface area (Å²) in [6.07, 6.45) is 9.13. The van der Waals surface area contributed by atoms with Gasteiger partial charge in [-0.05, 0) is 84.4 Å². The molecular formula is C25H34N2O4S. The largest absolute Gasteiger partial charge is 0.497 e. The highest BCUT2D eigenvalue weighted by molar-refractivity contribution is 8.32. The number of methoxy groups -OCH3 is 1. The van der Waals surface area contributed by atoms with Crippen LogP contribution < -0.4 is 15.4 Å². The molecule has 0 spiro atoms. The highest BCUT2D eigenvalue weighted by Crippen LogP contribution is 2.45. The Balaban J connectivity index is 1.80. The van der Waals surface area contributed by atoms with Gasteiger partial charge in [0.25, 0.3) is 5.91 Å². The third kappa shape index (κ3) is 5.84. The Kier molecular flexibility index (Phi) is 7.85. The maximum absolute atomic E-state index is 13.2. The Morgan fingerprint density at radius 1 is 1.06 bits per heavy atom. The van der Waals surface area contributed by atoms with E-state index in [9.17, 15) is 14.7 Å². The molecule has 0 bridgehead atoms. The highest BCUT2D eigenvalue weighted by atomic mass is 32.3. The van der Waals surface area contributed by atoms with Crippen molar-refractivity contribution in [3.63, 3.8) is 0 Å². The molecule has 0 saturated heterocycles. The van der Waals surface area contributed by atoms with Crippen LogP contribution in [0.1, 0.15) is 30.9 Å². The molecule has 2 aromatic rings. The van der Waals surface area contributed by atoms with Crippen LogP contribution in [0.2, 0.25) is 0 Å². The first-order chi connectivity index (χ1) is 15.2. The summed E-state index contributed by atoms with van der Waals surface area (Å²) >= 11 is 0. The van der Waals surface area contributed by atoms with E-state index >= 15 is 0 Å². The average molecular weight is 459 g/mol. The molecule has 0 heterocycles. The number of nitrogens with one attached hydrogen (secondary N) is 2. The number of aliphatic hydroxyl groups is 1. The third-order valence-corrected chi connectivity index (χ3v) is 7.74. The predicted molar refractivity (Wildman–Crippen MR) is 130 cm³/mol. The van der Waals surface area contributed by atoms with Crippen molar-refractivity contribution < 1.29 is 19.4 Å². The van der Waals surface area contributed by atoms with Crippen LogP contribution in [0.15, 0.2) is 53.4 Å². The molecule has 0 aromatic heterocycles. The zero-order chi connectivity index (χ0) is 23.3. The zero-order valence-electron chi connectivity index (χ0n) is 19.3. The second-order valence-corrected chi connectivity index (χ2v) is 13.2. The zero-order valence-corrected chi connectivity index (χ0v) is 20.1. The maximum Gasteiger partial charge on any atom is 0.251 e. The number of amides is 2. The van der Waals surface area contributed by atoms with E-state index in [1.807, 2.05) is 24.3 Å². The van der Waals surface area contributed by atoms with Crippen molar-refractivity contribution in [1.82, 2.24) is 5.32 Å². The number of rotatable bonds is 8. The van der Waals surface area contributed by atoms with Crippen molar-refractivity contribution in [2.75, 3.05) is 37.8 Å². The molecule has 3 rings (SSSR count). The van der Waals surface area contributed by atoms with Gasteiger partial charge in [0.15, 0.2) is 0 Å². The fraction of sp³-hybridized carbons (Fsp3) is 0.440. The van der Waals surface area contributed by atoms with Crippen LogP contribution in [0.3, 0.4) is 0 Å². The Bertz CT molecular complexity index is 922. The van der Waals surface area contributed by atoms with E-state index in [0.29, 0.717) is 17.0 Å². The summed E-state index contributed by atoms with van der Waals surface area (Å²) in [6, 6.07) is 14.1. The number of anilines is 1. The van der Waals surface area contributed by atoms with Gasteiger partial charge in [0.05, 0.1) is 7.11 Å². The standard InChI is InChI=1S/C25H34N2O4S/c1-31-20-12-8-17(9-13-20)23(27-24(29)22-7-5-6-18(22)16-28)25(30)26-19-10-14-21(15-11-19)32(2,3)4/h8-15,18,22-23,28H,5-7,16H2,1-4H3,(H,26,30)(H,27,29)/t18-,22-,23?/m1/s1. The Morgan fingerprint density at radius 2 is 1.72 bits per heavy atom. The van der Waals surface area contributed by atoms with Gasteiger partial charge in [0.2, 0.25) is 5.91 Å². The number of benzene rings is 2. The minimum atomic E-state index is -0.849. The van der Waals surface area contributed by atoms with Crippen LogP contribution in [-0.2, 0) is 9.59 Å². The maximum atomic E-state index is 13.2. The van der Waals surface area contributed by atoms with Crippen LogP contribution in [0.4, 0.5) is 5.69 Å². The lowest BCUT2D eigenvalue weighted by molar-refractivity contribution is -0.130. The van der Waals surface area contributed by atoms with Crippen LogP contribution in [0.5, 0.6) is 5.75 Å². The van der Waals surface area contributed by atoms with E-state index in [2.05, 4.69) is 29.4 Å². The Morgan fingerprint density at radius 3 is 2.28 bits per heavy atom. The number of ether oxygens (including phenoxy) is 1. The van der Waals surface area contributed by atoms with Gasteiger partial charge < -0.3 is 20.5 Å². The monoisotopic (exact) mass is 458 g/mol. The van der Waals surface area contributed by atoms with Gasteiger partial charge in [-0.2, -0.15) is 0 Å². The summed E-state index contributed by atoms with van der Waals surface area (Å²) in [5.41, 5.74) is 1.36. The van der Waals surface area contributed by atoms with Gasteiger partial charge in [0.1, 0.15) is 11.8 Å². The normalized spacial score (nSPS) is 19.8. The minimum Gasteiger partial charge on any atom is -0.497 e. The summed E-state index contributed by atoms with van der Waals surface area (Å²) in [7, 11) is 0.733. The van der Waals surface area contributed by atoms with Crippen molar-refractivity contribution in [3.8, 4) is 5.75 Å². The predicted octanol–water partition coefficient (Wildman–Crippen LogP) is 3.95. The molecule has 1 aliphatic carbocycles. The molecule has 7 heteroatoms. The van der Waals surface area contributed by atoms with E-state index in [1.165, 1.54) is 4.90 Å². The lowest BCUT2D eigenvalue weighted by Gasteiger charge is -2.26. The third-order valence-electron chi connectivity index (χ3n) is 6.06. The number of hydrogen-bond donors (Lipinski definition) is 3. The Labute approximate surface area is 192 Å². The molecule has 0 radical (unpaired) electrons. The minimum absolute atomic E-state index is 0.0143. The highest BCUT2D eigenvalue weighted by Gasteiger charge is 2.35. The molecule has 32 heavy (non-hydrogen) atoms. The van der Waals surface area contributed by atoms with Crippen molar-refractivity contribution in [3.05, 3.63) is 54.1 Å². The van der Waals surface area contributed by atoms with Crippen LogP contribution >= 0.6 is 10.0 Å². The van der Waals surface area contributed by atoms with E-state index in [-0.39, 0.29) is 30.3 Å². The van der Waals surface area contributed by atoms with Crippen LogP contribution in [0, 0.1) is 11.8 Å². The second kappa shape index (κ2) is 10.4. The lowest BCUT2D eigenvalue weighted by atomic mass is 9.95. The molecule has 6 nitrogen and oxygen atoms in total. The number of carbonyl (C=O) groups excluding carboxylic acids is 2. The fourth-order valence-corrected chi connectivity index (χ4v) is 5.06. The van der Waals surface area contributed by atoms with Crippen LogP contribution in [-0.4, -0.2) is 49.4 Å². The topological polar surface area (TPSA) is 87.7 Å². The van der Waals surface area contributed by atoms with Gasteiger partial charge in [0, 0.05) is 18.2 Å². The van der Waals surface area contributed by atoms with Gasteiger partial charge in [-0.3, -0.25) is 9.59 Å². The van der Waals surface area contributed by atoms with E-state index in [4.69, 9.17) is 4.74 Å². The van der Waals surface area contributed by atoms with Gasteiger partial charge in [-0.15, -0.1) is 0 Å². The SMILES string of the molecule is COc1ccc(C(NC(=O)[C@@H]2CCC[C@@H]2CO)C(=O)Nc2ccc(S(C)(C)C)cc2)cc1. The molecule has 1 unspecified atom stereocenters. The van der Waals surface area contributed by atoms with E-state index in [0.717, 1.165) is 19.3 Å². The molecule has 1 saturated carbocycles.